The van der Waals surface area contributed by atoms with Gasteiger partial charge in [0.2, 0.25) is 0 Å². The molecule has 0 radical (unpaired) electrons. The van der Waals surface area contributed by atoms with E-state index in [1.54, 1.807) is 6.08 Å². The van der Waals surface area contributed by atoms with Crippen molar-refractivity contribution in [3.05, 3.63) is 69.9 Å². The molecule has 0 saturated carbocycles. The summed E-state index contributed by atoms with van der Waals surface area (Å²) in [6, 6.07) is 7.41. The van der Waals surface area contributed by atoms with Crippen molar-refractivity contribution < 1.29 is 4.92 Å². The van der Waals surface area contributed by atoms with E-state index in [9.17, 15) is 10.1 Å². The molecule has 1 aromatic carbocycles. The number of fused-ring (bicyclic) bond motifs is 1. The number of benzene rings is 1. The number of nitro groups is 1. The Morgan fingerprint density at radius 2 is 2.15 bits per heavy atom. The fourth-order valence-electron chi connectivity index (χ4n) is 2.33. The quantitative estimate of drug-likeness (QED) is 0.660. The summed E-state index contributed by atoms with van der Waals surface area (Å²) in [4.78, 5) is 11.0. The van der Waals surface area contributed by atoms with Crippen molar-refractivity contribution in [3.8, 4) is 0 Å². The smallest absolute Gasteiger partial charge is 0.277 e. The molecule has 0 aromatic heterocycles. The van der Waals surface area contributed by atoms with Gasteiger partial charge in [-0.2, -0.15) is 5.10 Å². The van der Waals surface area contributed by atoms with E-state index >= 15 is 0 Å². The second-order valence-corrected chi connectivity index (χ2v) is 4.64. The Kier molecular flexibility index (Phi) is 3.16. The van der Waals surface area contributed by atoms with Crippen molar-refractivity contribution in [1.29, 1.82) is 0 Å². The van der Waals surface area contributed by atoms with Gasteiger partial charge in [0.15, 0.2) is 0 Å². The standard InChI is InChI=1S/C15H13N3O2/c19-18(20)14-10-12-8-4-5-9-13(12)16-17-15(14)11-6-2-1-3-7-11/h1-6,8-11,16H,7H2. The molecule has 1 aliphatic carbocycles. The maximum Gasteiger partial charge on any atom is 0.293 e. The van der Waals surface area contributed by atoms with Crippen LogP contribution in [-0.2, 0) is 0 Å². The predicted octanol–water partition coefficient (Wildman–Crippen LogP) is 3.22. The molecular weight excluding hydrogens is 254 g/mol. The highest BCUT2D eigenvalue weighted by Crippen LogP contribution is 2.26. The van der Waals surface area contributed by atoms with E-state index in [2.05, 4.69) is 10.5 Å². The molecule has 5 nitrogen and oxygen atoms in total. The Morgan fingerprint density at radius 1 is 1.30 bits per heavy atom. The van der Waals surface area contributed by atoms with Crippen LogP contribution in [0.4, 0.5) is 5.69 Å². The van der Waals surface area contributed by atoms with Gasteiger partial charge in [-0.25, -0.2) is 0 Å². The average molecular weight is 267 g/mol. The molecule has 0 amide bonds. The zero-order valence-electron chi connectivity index (χ0n) is 10.7. The lowest BCUT2D eigenvalue weighted by Crippen LogP contribution is -2.21. The number of anilines is 1. The molecule has 1 aliphatic heterocycles. The SMILES string of the molecule is O=[N+]([O-])C1=Cc2ccccc2NN=C1C1C=CC=CC1. The van der Waals surface area contributed by atoms with E-state index in [0.717, 1.165) is 17.7 Å². The monoisotopic (exact) mass is 267 g/mol. The topological polar surface area (TPSA) is 67.5 Å². The minimum absolute atomic E-state index is 0.0485. The highest BCUT2D eigenvalue weighted by Gasteiger charge is 2.28. The number of hydrazone groups is 1. The summed E-state index contributed by atoms with van der Waals surface area (Å²) >= 11 is 0. The predicted molar refractivity (Wildman–Crippen MR) is 78.9 cm³/mol. The van der Waals surface area contributed by atoms with Gasteiger partial charge in [-0.3, -0.25) is 15.5 Å². The van der Waals surface area contributed by atoms with Crippen LogP contribution in [0.2, 0.25) is 0 Å². The normalized spacial score (nSPS) is 20.3. The number of allylic oxidation sites excluding steroid dienone is 5. The van der Waals surface area contributed by atoms with Crippen LogP contribution in [0.5, 0.6) is 0 Å². The Bertz CT molecular complexity index is 671. The van der Waals surface area contributed by atoms with Crippen LogP contribution in [-0.4, -0.2) is 10.6 Å². The average Bonchev–Trinajstić information content (AvgIpc) is 2.68. The van der Waals surface area contributed by atoms with Gasteiger partial charge in [-0.1, -0.05) is 42.5 Å². The van der Waals surface area contributed by atoms with E-state index in [1.165, 1.54) is 0 Å². The molecule has 100 valence electrons. The van der Waals surface area contributed by atoms with Gasteiger partial charge in [-0.15, -0.1) is 0 Å². The second kappa shape index (κ2) is 5.13. The van der Waals surface area contributed by atoms with Crippen molar-refractivity contribution in [2.24, 2.45) is 11.0 Å². The van der Waals surface area contributed by atoms with E-state index in [-0.39, 0.29) is 16.5 Å². The lowest BCUT2D eigenvalue weighted by Gasteiger charge is -2.13. The molecule has 0 saturated heterocycles. The molecule has 1 N–H and O–H groups in total. The summed E-state index contributed by atoms with van der Waals surface area (Å²) in [5.74, 6) is -0.0709. The molecule has 1 heterocycles. The fourth-order valence-corrected chi connectivity index (χ4v) is 2.33. The van der Waals surface area contributed by atoms with Crippen molar-refractivity contribution in [3.63, 3.8) is 0 Å². The third-order valence-electron chi connectivity index (χ3n) is 3.34. The summed E-state index contributed by atoms with van der Waals surface area (Å²) < 4.78 is 0. The third-order valence-corrected chi connectivity index (χ3v) is 3.34. The Balaban J connectivity index is 2.06. The van der Waals surface area contributed by atoms with Gasteiger partial charge in [0.1, 0.15) is 5.71 Å². The number of nitrogens with zero attached hydrogens (tertiary/aromatic N) is 2. The summed E-state index contributed by atoms with van der Waals surface area (Å²) in [5, 5.41) is 15.6. The zero-order chi connectivity index (χ0) is 13.9. The van der Waals surface area contributed by atoms with Crippen molar-refractivity contribution >= 4 is 17.5 Å². The lowest BCUT2D eigenvalue weighted by atomic mass is 9.93. The first-order valence-electron chi connectivity index (χ1n) is 6.38. The number of hydrogen-bond donors (Lipinski definition) is 1. The minimum atomic E-state index is -0.366. The van der Waals surface area contributed by atoms with E-state index in [0.29, 0.717) is 5.71 Å². The number of hydrogen-bond acceptors (Lipinski definition) is 4. The van der Waals surface area contributed by atoms with Gasteiger partial charge in [0.05, 0.1) is 10.6 Å². The van der Waals surface area contributed by atoms with E-state index in [1.807, 2.05) is 48.6 Å². The lowest BCUT2D eigenvalue weighted by molar-refractivity contribution is -0.413. The van der Waals surface area contributed by atoms with Crippen molar-refractivity contribution in [1.82, 2.24) is 0 Å². The number of nitrogens with one attached hydrogen (secondary N) is 1. The highest BCUT2D eigenvalue weighted by atomic mass is 16.6. The first-order chi connectivity index (χ1) is 9.75. The molecule has 3 rings (SSSR count). The summed E-state index contributed by atoms with van der Waals surface area (Å²) in [5.41, 5.74) is 4.99. The molecule has 1 unspecified atom stereocenters. The summed E-state index contributed by atoms with van der Waals surface area (Å²) in [6.07, 6.45) is 10.1. The molecule has 0 fully saturated rings. The molecule has 1 atom stereocenters. The molecule has 20 heavy (non-hydrogen) atoms. The van der Waals surface area contributed by atoms with Gasteiger partial charge >= 0.3 is 0 Å². The van der Waals surface area contributed by atoms with Crippen LogP contribution >= 0.6 is 0 Å². The number of rotatable bonds is 2. The molecule has 0 spiro atoms. The van der Waals surface area contributed by atoms with Crippen molar-refractivity contribution in [2.45, 2.75) is 6.42 Å². The zero-order valence-corrected chi connectivity index (χ0v) is 10.7. The first kappa shape index (κ1) is 12.3. The summed E-state index contributed by atoms with van der Waals surface area (Å²) in [7, 11) is 0. The van der Waals surface area contributed by atoms with Crippen LogP contribution in [0.25, 0.3) is 6.08 Å². The molecule has 0 bridgehead atoms. The van der Waals surface area contributed by atoms with Gasteiger partial charge in [-0.05, 0) is 12.5 Å². The molecular formula is C15H13N3O2. The van der Waals surface area contributed by atoms with Gasteiger partial charge < -0.3 is 0 Å². The Hall–Kier alpha value is -2.69. The van der Waals surface area contributed by atoms with Gasteiger partial charge in [0, 0.05) is 17.6 Å². The highest BCUT2D eigenvalue weighted by molar-refractivity contribution is 6.06. The number of para-hydroxylation sites is 1. The summed E-state index contributed by atoms with van der Waals surface area (Å²) in [6.45, 7) is 0. The van der Waals surface area contributed by atoms with E-state index in [4.69, 9.17) is 0 Å². The maximum absolute atomic E-state index is 11.4. The molecule has 1 aromatic rings. The molecule has 5 heteroatoms. The van der Waals surface area contributed by atoms with Crippen molar-refractivity contribution in [2.75, 3.05) is 5.43 Å². The van der Waals surface area contributed by atoms with Crippen LogP contribution in [0.1, 0.15) is 12.0 Å². The van der Waals surface area contributed by atoms with Gasteiger partial charge in [0.25, 0.3) is 5.70 Å². The second-order valence-electron chi connectivity index (χ2n) is 4.64. The van der Waals surface area contributed by atoms with Crippen LogP contribution in [0.3, 0.4) is 0 Å². The van der Waals surface area contributed by atoms with Crippen LogP contribution < -0.4 is 5.43 Å². The molecule has 2 aliphatic rings. The Labute approximate surface area is 116 Å². The van der Waals surface area contributed by atoms with Crippen LogP contribution in [0.15, 0.2) is 59.4 Å². The Morgan fingerprint density at radius 3 is 2.90 bits per heavy atom. The van der Waals surface area contributed by atoms with Crippen LogP contribution in [0, 0.1) is 16.0 Å². The maximum atomic E-state index is 11.4. The fraction of sp³-hybridized carbons (Fsp3) is 0.133. The van der Waals surface area contributed by atoms with E-state index < -0.39 is 0 Å². The first-order valence-corrected chi connectivity index (χ1v) is 6.38. The third kappa shape index (κ3) is 2.25. The largest absolute Gasteiger partial charge is 0.293 e. The minimum Gasteiger partial charge on any atom is -0.277 e.